The first-order chi connectivity index (χ1) is 11.6. The monoisotopic (exact) mass is 334 g/mol. The molecule has 3 atom stereocenters. The fraction of sp³-hybridized carbons (Fsp3) is 0.632. The van der Waals surface area contributed by atoms with Crippen LogP contribution in [0.3, 0.4) is 0 Å². The van der Waals surface area contributed by atoms with Crippen LogP contribution in [0, 0.1) is 11.8 Å². The van der Waals surface area contributed by atoms with Crippen LogP contribution in [0.15, 0.2) is 30.3 Å². The minimum absolute atomic E-state index is 0.0436. The summed E-state index contributed by atoms with van der Waals surface area (Å²) >= 11 is 0. The Balaban J connectivity index is 1.97. The minimum Gasteiger partial charge on any atom is -0.394 e. The largest absolute Gasteiger partial charge is 0.394 e. The van der Waals surface area contributed by atoms with Crippen LogP contribution in [0.4, 0.5) is 4.79 Å². The molecule has 3 unspecified atom stereocenters. The smallest absolute Gasteiger partial charge is 0.315 e. The van der Waals surface area contributed by atoms with E-state index in [4.69, 9.17) is 4.74 Å². The molecule has 0 aromatic heterocycles. The van der Waals surface area contributed by atoms with Crippen molar-refractivity contribution in [1.29, 1.82) is 0 Å². The second-order valence-corrected chi connectivity index (χ2v) is 7.06. The van der Waals surface area contributed by atoms with Crippen molar-refractivity contribution in [2.24, 2.45) is 11.8 Å². The average Bonchev–Trinajstić information content (AvgIpc) is 3.07. The van der Waals surface area contributed by atoms with E-state index in [1.54, 1.807) is 0 Å². The molecule has 2 rings (SSSR count). The van der Waals surface area contributed by atoms with Crippen molar-refractivity contribution in [2.75, 3.05) is 19.8 Å². The van der Waals surface area contributed by atoms with Crippen LogP contribution in [0.5, 0.6) is 0 Å². The van der Waals surface area contributed by atoms with Gasteiger partial charge in [-0.25, -0.2) is 4.79 Å². The second-order valence-electron chi connectivity index (χ2n) is 7.06. The zero-order valence-corrected chi connectivity index (χ0v) is 14.7. The van der Waals surface area contributed by atoms with E-state index in [1.807, 2.05) is 30.3 Å². The predicted octanol–water partition coefficient (Wildman–Crippen LogP) is 2.86. The molecule has 1 aliphatic rings. The number of amides is 2. The van der Waals surface area contributed by atoms with Gasteiger partial charge in [0.2, 0.25) is 0 Å². The Morgan fingerprint density at radius 1 is 1.29 bits per heavy atom. The van der Waals surface area contributed by atoms with Gasteiger partial charge in [0.05, 0.1) is 18.7 Å². The Bertz CT molecular complexity index is 487. The second kappa shape index (κ2) is 9.64. The summed E-state index contributed by atoms with van der Waals surface area (Å²) < 4.78 is 5.46. The molecule has 134 valence electrons. The quantitative estimate of drug-likeness (QED) is 0.684. The van der Waals surface area contributed by atoms with Gasteiger partial charge in [0, 0.05) is 13.2 Å². The van der Waals surface area contributed by atoms with E-state index >= 15 is 0 Å². The van der Waals surface area contributed by atoms with E-state index < -0.39 is 0 Å². The van der Waals surface area contributed by atoms with Gasteiger partial charge in [-0.15, -0.1) is 0 Å². The predicted molar refractivity (Wildman–Crippen MR) is 94.7 cm³/mol. The van der Waals surface area contributed by atoms with Gasteiger partial charge < -0.3 is 20.5 Å². The molecule has 1 heterocycles. The molecule has 0 saturated carbocycles. The van der Waals surface area contributed by atoms with E-state index in [0.717, 1.165) is 38.0 Å². The fourth-order valence-electron chi connectivity index (χ4n) is 3.20. The molecule has 3 N–H and O–H groups in total. The van der Waals surface area contributed by atoms with Gasteiger partial charge in [-0.3, -0.25) is 0 Å². The molecule has 5 nitrogen and oxygen atoms in total. The summed E-state index contributed by atoms with van der Waals surface area (Å²) in [5.41, 5.74) is 1.10. The summed E-state index contributed by atoms with van der Waals surface area (Å²) in [5, 5.41) is 15.4. The highest BCUT2D eigenvalue weighted by atomic mass is 16.5. The molecule has 1 saturated heterocycles. The van der Waals surface area contributed by atoms with Crippen molar-refractivity contribution in [3.63, 3.8) is 0 Å². The first kappa shape index (κ1) is 18.7. The summed E-state index contributed by atoms with van der Waals surface area (Å²) in [5.74, 6) is 0.891. The molecular formula is C19H30N2O3. The van der Waals surface area contributed by atoms with Gasteiger partial charge in [0.1, 0.15) is 0 Å². The summed E-state index contributed by atoms with van der Waals surface area (Å²) in [7, 11) is 0. The number of nitrogens with one attached hydrogen (secondary N) is 2. The number of hydrogen-bond donors (Lipinski definition) is 3. The Kier molecular flexibility index (Phi) is 7.53. The average molecular weight is 334 g/mol. The highest BCUT2D eigenvalue weighted by molar-refractivity contribution is 5.74. The molecule has 0 radical (unpaired) electrons. The molecular weight excluding hydrogens is 304 g/mol. The van der Waals surface area contributed by atoms with Gasteiger partial charge in [0.15, 0.2) is 0 Å². The first-order valence-corrected chi connectivity index (χ1v) is 8.89. The molecule has 0 aliphatic carbocycles. The Labute approximate surface area is 144 Å². The SMILES string of the molecule is CC(C)CC(CO)NC(=O)NC(CC1CCOC1)c1ccccc1. The van der Waals surface area contributed by atoms with Crippen LogP contribution in [0.25, 0.3) is 0 Å². The van der Waals surface area contributed by atoms with Crippen LogP contribution in [-0.2, 0) is 4.74 Å². The lowest BCUT2D eigenvalue weighted by Gasteiger charge is -2.24. The summed E-state index contributed by atoms with van der Waals surface area (Å²) in [4.78, 5) is 12.4. The molecule has 1 aromatic rings. The minimum atomic E-state index is -0.220. The van der Waals surface area contributed by atoms with Gasteiger partial charge in [0.25, 0.3) is 0 Å². The third kappa shape index (κ3) is 6.13. The number of carbonyl (C=O) groups is 1. The lowest BCUT2D eigenvalue weighted by molar-refractivity contribution is 0.180. The fourth-order valence-corrected chi connectivity index (χ4v) is 3.20. The Morgan fingerprint density at radius 3 is 2.62 bits per heavy atom. The third-order valence-electron chi connectivity index (χ3n) is 4.41. The lowest BCUT2D eigenvalue weighted by atomic mass is 9.94. The van der Waals surface area contributed by atoms with Crippen molar-refractivity contribution in [3.8, 4) is 0 Å². The Hall–Kier alpha value is -1.59. The molecule has 1 aromatic carbocycles. The molecule has 2 amide bonds. The number of carbonyl (C=O) groups excluding carboxylic acids is 1. The maximum atomic E-state index is 12.4. The number of rotatable bonds is 8. The van der Waals surface area contributed by atoms with Crippen LogP contribution >= 0.6 is 0 Å². The Morgan fingerprint density at radius 2 is 2.04 bits per heavy atom. The number of urea groups is 1. The van der Waals surface area contributed by atoms with E-state index in [9.17, 15) is 9.90 Å². The van der Waals surface area contributed by atoms with E-state index in [-0.39, 0.29) is 24.7 Å². The van der Waals surface area contributed by atoms with Crippen molar-refractivity contribution < 1.29 is 14.6 Å². The molecule has 1 fully saturated rings. The topological polar surface area (TPSA) is 70.6 Å². The lowest BCUT2D eigenvalue weighted by Crippen LogP contribution is -2.45. The molecule has 5 heteroatoms. The maximum Gasteiger partial charge on any atom is 0.315 e. The summed E-state index contributed by atoms with van der Waals surface area (Å²) in [6, 6.07) is 9.56. The van der Waals surface area contributed by atoms with Gasteiger partial charge >= 0.3 is 6.03 Å². The van der Waals surface area contributed by atoms with Crippen molar-refractivity contribution >= 4 is 6.03 Å². The van der Waals surface area contributed by atoms with Gasteiger partial charge in [-0.2, -0.15) is 0 Å². The molecule has 0 spiro atoms. The van der Waals surface area contributed by atoms with Crippen LogP contribution < -0.4 is 10.6 Å². The van der Waals surface area contributed by atoms with Crippen LogP contribution in [0.2, 0.25) is 0 Å². The molecule has 1 aliphatic heterocycles. The highest BCUT2D eigenvalue weighted by Crippen LogP contribution is 2.26. The number of aliphatic hydroxyl groups is 1. The zero-order chi connectivity index (χ0) is 17.4. The van der Waals surface area contributed by atoms with E-state index in [0.29, 0.717) is 11.8 Å². The third-order valence-corrected chi connectivity index (χ3v) is 4.41. The van der Waals surface area contributed by atoms with Gasteiger partial charge in [-0.1, -0.05) is 44.2 Å². The zero-order valence-electron chi connectivity index (χ0n) is 14.7. The van der Waals surface area contributed by atoms with Crippen molar-refractivity contribution in [3.05, 3.63) is 35.9 Å². The van der Waals surface area contributed by atoms with E-state index in [1.165, 1.54) is 0 Å². The molecule has 24 heavy (non-hydrogen) atoms. The van der Waals surface area contributed by atoms with Crippen molar-refractivity contribution in [1.82, 2.24) is 10.6 Å². The number of hydrogen-bond acceptors (Lipinski definition) is 3. The summed E-state index contributed by atoms with van der Waals surface area (Å²) in [6.07, 6.45) is 2.67. The van der Waals surface area contributed by atoms with Crippen LogP contribution in [-0.4, -0.2) is 37.0 Å². The summed E-state index contributed by atoms with van der Waals surface area (Å²) in [6.45, 7) is 5.68. The van der Waals surface area contributed by atoms with Crippen LogP contribution in [0.1, 0.15) is 44.7 Å². The number of benzene rings is 1. The highest BCUT2D eigenvalue weighted by Gasteiger charge is 2.24. The van der Waals surface area contributed by atoms with Gasteiger partial charge in [-0.05, 0) is 36.7 Å². The van der Waals surface area contributed by atoms with Crippen molar-refractivity contribution in [2.45, 2.75) is 45.2 Å². The molecule has 0 bridgehead atoms. The standard InChI is InChI=1S/C19H30N2O3/c1-14(2)10-17(12-22)20-19(23)21-18(11-15-8-9-24-13-15)16-6-4-3-5-7-16/h3-7,14-15,17-18,22H,8-13H2,1-2H3,(H2,20,21,23). The maximum absolute atomic E-state index is 12.4. The number of ether oxygens (including phenoxy) is 1. The normalized spacial score (nSPS) is 19.9. The number of aliphatic hydroxyl groups excluding tert-OH is 1. The van der Waals surface area contributed by atoms with E-state index in [2.05, 4.69) is 24.5 Å². The first-order valence-electron chi connectivity index (χ1n) is 8.89.